The molecule has 1 heterocycles. The molecule has 1 aromatic heterocycles. The summed E-state index contributed by atoms with van der Waals surface area (Å²) in [5.74, 6) is -2.76. The number of aliphatic hydroxyl groups is 1. The average molecular weight is 386 g/mol. The standard InChI is InChI=1S/C22H24F2N2O2/c1-14(11-27)26-20(28)17-9-16-3-2-4-18(19(16)25-10-17)15-5-7-21(8-6-15)12-22(23,24)13-21/h2-5,9-10,14,27H,6-8,11-13H2,1H3,(H,26,28). The van der Waals surface area contributed by atoms with E-state index in [0.717, 1.165) is 34.9 Å². The molecule has 1 aromatic carbocycles. The number of pyridine rings is 1. The molecule has 4 nitrogen and oxygen atoms in total. The highest BCUT2D eigenvalue weighted by Gasteiger charge is 2.55. The number of alkyl halides is 2. The minimum atomic E-state index is -2.49. The number of rotatable bonds is 4. The Morgan fingerprint density at radius 2 is 2.14 bits per heavy atom. The zero-order valence-corrected chi connectivity index (χ0v) is 15.8. The van der Waals surface area contributed by atoms with Crippen LogP contribution in [0.2, 0.25) is 0 Å². The molecule has 148 valence electrons. The summed E-state index contributed by atoms with van der Waals surface area (Å²) >= 11 is 0. The van der Waals surface area contributed by atoms with Crippen LogP contribution in [-0.2, 0) is 0 Å². The van der Waals surface area contributed by atoms with Crippen molar-refractivity contribution in [2.75, 3.05) is 6.61 Å². The number of para-hydroxylation sites is 1. The van der Waals surface area contributed by atoms with Crippen molar-refractivity contribution in [3.8, 4) is 0 Å². The molecule has 2 aliphatic rings. The van der Waals surface area contributed by atoms with Crippen molar-refractivity contribution in [3.63, 3.8) is 0 Å². The molecule has 1 fully saturated rings. The van der Waals surface area contributed by atoms with Gasteiger partial charge in [0.05, 0.1) is 17.7 Å². The summed E-state index contributed by atoms with van der Waals surface area (Å²) in [6.07, 6.45) is 5.89. The zero-order chi connectivity index (χ0) is 19.9. The first-order chi connectivity index (χ1) is 13.3. The van der Waals surface area contributed by atoms with E-state index in [2.05, 4.69) is 16.4 Å². The largest absolute Gasteiger partial charge is 0.394 e. The molecule has 4 rings (SSSR count). The van der Waals surface area contributed by atoms with Crippen molar-refractivity contribution in [3.05, 3.63) is 47.7 Å². The van der Waals surface area contributed by atoms with Crippen LogP contribution in [0, 0.1) is 5.41 Å². The van der Waals surface area contributed by atoms with Crippen LogP contribution in [0.25, 0.3) is 16.5 Å². The maximum Gasteiger partial charge on any atom is 0.253 e. The highest BCUT2D eigenvalue weighted by molar-refractivity contribution is 5.99. The second-order valence-corrected chi connectivity index (χ2v) is 8.30. The van der Waals surface area contributed by atoms with Crippen molar-refractivity contribution in [1.82, 2.24) is 10.3 Å². The SMILES string of the molecule is CC(CO)NC(=O)c1cnc2c(C3=CCC4(CC3)CC(F)(F)C4)cccc2c1. The number of carbonyl (C=O) groups is 1. The maximum atomic E-state index is 13.3. The van der Waals surface area contributed by atoms with Gasteiger partial charge in [0.25, 0.3) is 5.91 Å². The van der Waals surface area contributed by atoms with Crippen LogP contribution >= 0.6 is 0 Å². The number of halogens is 2. The van der Waals surface area contributed by atoms with E-state index in [1.165, 1.54) is 0 Å². The van der Waals surface area contributed by atoms with Crippen LogP contribution < -0.4 is 5.32 Å². The van der Waals surface area contributed by atoms with Crippen LogP contribution in [-0.4, -0.2) is 34.6 Å². The lowest BCUT2D eigenvalue weighted by atomic mass is 9.59. The van der Waals surface area contributed by atoms with Gasteiger partial charge in [-0.1, -0.05) is 24.3 Å². The minimum Gasteiger partial charge on any atom is -0.394 e. The summed E-state index contributed by atoms with van der Waals surface area (Å²) in [4.78, 5) is 16.8. The van der Waals surface area contributed by atoms with Gasteiger partial charge in [-0.2, -0.15) is 0 Å². The van der Waals surface area contributed by atoms with Crippen molar-refractivity contribution >= 4 is 22.4 Å². The highest BCUT2D eigenvalue weighted by Crippen LogP contribution is 2.59. The third-order valence-corrected chi connectivity index (χ3v) is 5.94. The molecule has 0 aliphatic heterocycles. The Kier molecular flexibility index (Phi) is 4.70. The van der Waals surface area contributed by atoms with Crippen LogP contribution in [0.15, 0.2) is 36.5 Å². The summed E-state index contributed by atoms with van der Waals surface area (Å²) in [6, 6.07) is 7.31. The van der Waals surface area contributed by atoms with E-state index in [1.54, 1.807) is 19.2 Å². The topological polar surface area (TPSA) is 62.2 Å². The zero-order valence-electron chi connectivity index (χ0n) is 15.8. The maximum absolute atomic E-state index is 13.3. The summed E-state index contributed by atoms with van der Waals surface area (Å²) in [7, 11) is 0. The number of nitrogens with one attached hydrogen (secondary N) is 1. The summed E-state index contributed by atoms with van der Waals surface area (Å²) in [6.45, 7) is 1.60. The molecular weight excluding hydrogens is 362 g/mol. The van der Waals surface area contributed by atoms with E-state index in [1.807, 2.05) is 18.2 Å². The van der Waals surface area contributed by atoms with Crippen molar-refractivity contribution in [2.24, 2.45) is 5.41 Å². The molecular formula is C22H24F2N2O2. The lowest BCUT2D eigenvalue weighted by Crippen LogP contribution is -2.46. The first kappa shape index (κ1) is 19.0. The lowest BCUT2D eigenvalue weighted by Gasteiger charge is -2.49. The Bertz CT molecular complexity index is 947. The second kappa shape index (κ2) is 6.92. The molecule has 1 amide bonds. The number of hydrogen-bond acceptors (Lipinski definition) is 3. The molecule has 6 heteroatoms. The number of allylic oxidation sites excluding steroid dienone is 2. The Morgan fingerprint density at radius 1 is 1.36 bits per heavy atom. The fourth-order valence-electron chi connectivity index (χ4n) is 4.45. The van der Waals surface area contributed by atoms with Crippen molar-refractivity contribution in [1.29, 1.82) is 0 Å². The lowest BCUT2D eigenvalue weighted by molar-refractivity contribution is -0.163. The van der Waals surface area contributed by atoms with Gasteiger partial charge < -0.3 is 10.4 Å². The molecule has 0 bridgehead atoms. The van der Waals surface area contributed by atoms with Crippen LogP contribution in [0.5, 0.6) is 0 Å². The average Bonchev–Trinajstić information content (AvgIpc) is 2.66. The Morgan fingerprint density at radius 3 is 2.79 bits per heavy atom. The number of nitrogens with zero attached hydrogens (tertiary/aromatic N) is 1. The van der Waals surface area contributed by atoms with E-state index in [0.29, 0.717) is 12.0 Å². The van der Waals surface area contributed by atoms with E-state index in [9.17, 15) is 13.6 Å². The molecule has 0 saturated heterocycles. The van der Waals surface area contributed by atoms with E-state index in [-0.39, 0.29) is 36.8 Å². The number of fused-ring (bicyclic) bond motifs is 1. The van der Waals surface area contributed by atoms with Gasteiger partial charge in [-0.15, -0.1) is 0 Å². The minimum absolute atomic E-state index is 0.00228. The predicted molar refractivity (Wildman–Crippen MR) is 104 cm³/mol. The number of aliphatic hydroxyl groups excluding tert-OH is 1. The second-order valence-electron chi connectivity index (χ2n) is 8.30. The van der Waals surface area contributed by atoms with Gasteiger partial charge in [-0.25, -0.2) is 8.78 Å². The molecule has 2 aromatic rings. The van der Waals surface area contributed by atoms with Gasteiger partial charge >= 0.3 is 0 Å². The predicted octanol–water partition coefficient (Wildman–Crippen LogP) is 4.33. The van der Waals surface area contributed by atoms with Crippen molar-refractivity contribution in [2.45, 2.75) is 51.0 Å². The summed E-state index contributed by atoms with van der Waals surface area (Å²) < 4.78 is 26.6. The van der Waals surface area contributed by atoms with E-state index < -0.39 is 5.92 Å². The van der Waals surface area contributed by atoms with Gasteiger partial charge in [-0.05, 0) is 43.2 Å². The smallest absolute Gasteiger partial charge is 0.253 e. The fraction of sp³-hybridized carbons (Fsp3) is 0.455. The first-order valence-corrected chi connectivity index (χ1v) is 9.69. The van der Waals surface area contributed by atoms with Crippen LogP contribution in [0.1, 0.15) is 54.9 Å². The number of hydrogen-bond donors (Lipinski definition) is 2. The van der Waals surface area contributed by atoms with Crippen LogP contribution in [0.4, 0.5) is 8.78 Å². The van der Waals surface area contributed by atoms with Crippen LogP contribution in [0.3, 0.4) is 0 Å². The highest BCUT2D eigenvalue weighted by atomic mass is 19.3. The Labute approximate surface area is 162 Å². The van der Waals surface area contributed by atoms with Gasteiger partial charge in [-0.3, -0.25) is 9.78 Å². The van der Waals surface area contributed by atoms with Gasteiger partial charge in [0, 0.05) is 36.0 Å². The van der Waals surface area contributed by atoms with Gasteiger partial charge in [0.15, 0.2) is 0 Å². The summed E-state index contributed by atoms with van der Waals surface area (Å²) in [5.41, 5.74) is 3.19. The quantitative estimate of drug-likeness (QED) is 0.822. The molecule has 2 aliphatic carbocycles. The number of amides is 1. The number of benzene rings is 1. The molecule has 1 saturated carbocycles. The van der Waals surface area contributed by atoms with Gasteiger partial charge in [0.2, 0.25) is 5.92 Å². The molecule has 0 radical (unpaired) electrons. The molecule has 1 atom stereocenters. The number of carbonyl (C=O) groups excluding carboxylic acids is 1. The normalized spacial score (nSPS) is 21.1. The Hall–Kier alpha value is -2.34. The fourth-order valence-corrected chi connectivity index (χ4v) is 4.45. The first-order valence-electron chi connectivity index (χ1n) is 9.69. The Balaban J connectivity index is 1.58. The number of aromatic nitrogens is 1. The summed E-state index contributed by atoms with van der Waals surface area (Å²) in [5, 5.41) is 12.7. The van der Waals surface area contributed by atoms with E-state index in [4.69, 9.17) is 5.11 Å². The van der Waals surface area contributed by atoms with Gasteiger partial charge in [0.1, 0.15) is 0 Å². The molecule has 1 unspecified atom stereocenters. The third kappa shape index (κ3) is 3.53. The van der Waals surface area contributed by atoms with E-state index >= 15 is 0 Å². The molecule has 28 heavy (non-hydrogen) atoms. The van der Waals surface area contributed by atoms with Crippen molar-refractivity contribution < 1.29 is 18.7 Å². The molecule has 2 N–H and O–H groups in total. The third-order valence-electron chi connectivity index (χ3n) is 5.94. The monoisotopic (exact) mass is 386 g/mol. The molecule has 1 spiro atoms.